The molecule has 1 aromatic carbocycles. The van der Waals surface area contributed by atoms with Gasteiger partial charge in [-0.25, -0.2) is 9.37 Å². The molecule has 3 rings (SSSR count). The fraction of sp³-hybridized carbons (Fsp3) is 0.174. The standard InChI is InChI=1S/C23H18ClF3IN5O/c1-12-17(23(26,27)28)9-16(10-30-12)32-21(34)8-14-3-4-15(7-19(14)25)20-11-31-13(2)22(33-20)18(24)5-6-29/h3-7,9-11,29H,8H2,1-2H3,(H,32,34)/b18-5+,29-6?. The van der Waals surface area contributed by atoms with Gasteiger partial charge in [-0.3, -0.25) is 14.8 Å². The lowest BCUT2D eigenvalue weighted by atomic mass is 10.1. The lowest BCUT2D eigenvalue weighted by molar-refractivity contribution is -0.115. The molecule has 2 aromatic heterocycles. The molecule has 0 unspecified atom stereocenters. The lowest BCUT2D eigenvalue weighted by Gasteiger charge is -2.13. The number of halogens is 5. The van der Waals surface area contributed by atoms with Crippen molar-refractivity contribution in [2.75, 3.05) is 5.32 Å². The minimum atomic E-state index is -3.14. The average molecular weight is 600 g/mol. The predicted octanol–water partition coefficient (Wildman–Crippen LogP) is 6.19. The van der Waals surface area contributed by atoms with Gasteiger partial charge in [-0.1, -0.05) is 23.7 Å². The fourth-order valence-corrected chi connectivity index (χ4v) is 3.87. The minimum absolute atomic E-state index is 0.0938. The van der Waals surface area contributed by atoms with E-state index in [9.17, 15) is 18.0 Å². The van der Waals surface area contributed by atoms with E-state index < -0.39 is 15.7 Å². The number of allylic oxidation sites excluding steroid dienone is 1. The molecule has 0 spiro atoms. The van der Waals surface area contributed by atoms with Gasteiger partial charge >= 0.3 is 3.93 Å². The van der Waals surface area contributed by atoms with Gasteiger partial charge in [0.15, 0.2) is 0 Å². The molecule has 0 saturated carbocycles. The number of alkyl halides is 3. The molecule has 11 heteroatoms. The molecule has 2 N–H and O–H groups in total. The molecule has 0 aliphatic heterocycles. The second-order valence-corrected chi connectivity index (χ2v) is 9.02. The highest BCUT2D eigenvalue weighted by molar-refractivity contribution is 14.1. The van der Waals surface area contributed by atoms with E-state index in [1.807, 2.05) is 0 Å². The minimum Gasteiger partial charge on any atom is -0.324 e. The summed E-state index contributed by atoms with van der Waals surface area (Å²) in [5, 5.41) is 9.84. The van der Waals surface area contributed by atoms with Gasteiger partial charge in [-0.15, -0.1) is 0 Å². The van der Waals surface area contributed by atoms with E-state index in [2.05, 4.69) is 20.3 Å². The van der Waals surface area contributed by atoms with Crippen LogP contribution in [0.4, 0.5) is 18.9 Å². The van der Waals surface area contributed by atoms with Crippen molar-refractivity contribution in [3.63, 3.8) is 0 Å². The van der Waals surface area contributed by atoms with E-state index in [1.165, 1.54) is 37.5 Å². The SMILES string of the molecule is Cc1ncc(NC(=O)Cc2ccc(-c3cnc(C)c(/C(Cl)=C\C=N)n3)cc2F)cc1C(F)(F)I. The topological polar surface area (TPSA) is 91.6 Å². The van der Waals surface area contributed by atoms with Crippen LogP contribution in [-0.2, 0) is 15.1 Å². The quantitative estimate of drug-likeness (QED) is 0.193. The van der Waals surface area contributed by atoms with E-state index in [0.29, 0.717) is 22.6 Å². The van der Waals surface area contributed by atoms with Gasteiger partial charge in [0.05, 0.1) is 46.5 Å². The molecular weight excluding hydrogens is 582 g/mol. The third-order valence-electron chi connectivity index (χ3n) is 4.79. The summed E-state index contributed by atoms with van der Waals surface area (Å²) < 4.78 is 39.0. The number of nitrogens with zero attached hydrogens (tertiary/aromatic N) is 3. The number of aromatic nitrogens is 3. The number of amides is 1. The van der Waals surface area contributed by atoms with Gasteiger partial charge in [0.2, 0.25) is 5.91 Å². The van der Waals surface area contributed by atoms with Gasteiger partial charge < -0.3 is 10.7 Å². The Morgan fingerprint density at radius 3 is 2.56 bits per heavy atom. The van der Waals surface area contributed by atoms with Crippen LogP contribution in [0.2, 0.25) is 0 Å². The molecule has 34 heavy (non-hydrogen) atoms. The van der Waals surface area contributed by atoms with Crippen LogP contribution in [0.1, 0.15) is 28.2 Å². The third-order valence-corrected chi connectivity index (χ3v) is 5.67. The maximum atomic E-state index is 14.8. The van der Waals surface area contributed by atoms with Crippen LogP contribution < -0.4 is 5.32 Å². The number of benzene rings is 1. The van der Waals surface area contributed by atoms with Crippen LogP contribution in [-0.4, -0.2) is 27.1 Å². The van der Waals surface area contributed by atoms with Crippen LogP contribution in [0, 0.1) is 25.1 Å². The van der Waals surface area contributed by atoms with E-state index in [0.717, 1.165) is 34.9 Å². The van der Waals surface area contributed by atoms with Crippen molar-refractivity contribution in [2.24, 2.45) is 0 Å². The smallest absolute Gasteiger partial charge is 0.323 e. The van der Waals surface area contributed by atoms with Crippen molar-refractivity contribution >= 4 is 57.0 Å². The molecule has 0 atom stereocenters. The van der Waals surface area contributed by atoms with Gasteiger partial charge in [0.25, 0.3) is 0 Å². The van der Waals surface area contributed by atoms with Gasteiger partial charge in [-0.2, -0.15) is 8.78 Å². The number of hydrogen-bond acceptors (Lipinski definition) is 5. The fourth-order valence-electron chi connectivity index (χ4n) is 3.08. The summed E-state index contributed by atoms with van der Waals surface area (Å²) in [6, 6.07) is 5.41. The highest BCUT2D eigenvalue weighted by Gasteiger charge is 2.30. The Balaban J connectivity index is 1.79. The molecule has 3 aromatic rings. The van der Waals surface area contributed by atoms with Crippen LogP contribution >= 0.6 is 34.2 Å². The van der Waals surface area contributed by atoms with Gasteiger partial charge in [0, 0.05) is 40.1 Å². The lowest BCUT2D eigenvalue weighted by Crippen LogP contribution is -2.16. The summed E-state index contributed by atoms with van der Waals surface area (Å²) >= 11 is 7.13. The number of aryl methyl sites for hydroxylation is 2. The average Bonchev–Trinajstić information content (AvgIpc) is 2.76. The number of anilines is 1. The molecule has 0 aliphatic rings. The molecular formula is C23H18ClF3IN5O. The Hall–Kier alpha value is -2.86. The normalized spacial score (nSPS) is 11.9. The zero-order chi connectivity index (χ0) is 25.0. The maximum absolute atomic E-state index is 14.8. The summed E-state index contributed by atoms with van der Waals surface area (Å²) in [6.07, 6.45) is 4.81. The Labute approximate surface area is 212 Å². The summed E-state index contributed by atoms with van der Waals surface area (Å²) in [4.78, 5) is 24.9. The zero-order valence-corrected chi connectivity index (χ0v) is 20.9. The summed E-state index contributed by atoms with van der Waals surface area (Å²) in [5.74, 6) is -1.22. The molecule has 6 nitrogen and oxygen atoms in total. The van der Waals surface area contributed by atoms with E-state index >= 15 is 0 Å². The summed E-state index contributed by atoms with van der Waals surface area (Å²) in [7, 11) is 0. The number of pyridine rings is 1. The molecule has 0 bridgehead atoms. The van der Waals surface area contributed by atoms with Crippen LogP contribution in [0.5, 0.6) is 0 Å². The van der Waals surface area contributed by atoms with Crippen molar-refractivity contribution in [1.29, 1.82) is 5.41 Å². The van der Waals surface area contributed by atoms with E-state index in [4.69, 9.17) is 17.0 Å². The van der Waals surface area contributed by atoms with Gasteiger partial charge in [-0.05, 0) is 37.6 Å². The molecule has 0 radical (unpaired) electrons. The van der Waals surface area contributed by atoms with Crippen molar-refractivity contribution in [3.8, 4) is 11.3 Å². The van der Waals surface area contributed by atoms with Crippen molar-refractivity contribution < 1.29 is 18.0 Å². The van der Waals surface area contributed by atoms with Crippen LogP contribution in [0.15, 0.2) is 42.7 Å². The zero-order valence-electron chi connectivity index (χ0n) is 18.0. The first kappa shape index (κ1) is 25.8. The molecule has 0 saturated heterocycles. The maximum Gasteiger partial charge on any atom is 0.323 e. The van der Waals surface area contributed by atoms with Crippen LogP contribution in [0.25, 0.3) is 16.3 Å². The molecule has 1 amide bonds. The Bertz CT molecular complexity index is 1290. The first-order chi connectivity index (χ1) is 16.0. The monoisotopic (exact) mass is 599 g/mol. The largest absolute Gasteiger partial charge is 0.324 e. The molecule has 176 valence electrons. The van der Waals surface area contributed by atoms with Gasteiger partial charge in [0.1, 0.15) is 11.5 Å². The second-order valence-electron chi connectivity index (χ2n) is 7.26. The highest BCUT2D eigenvalue weighted by Crippen LogP contribution is 2.37. The van der Waals surface area contributed by atoms with E-state index in [-0.39, 0.29) is 34.0 Å². The molecule has 2 heterocycles. The van der Waals surface area contributed by atoms with Crippen molar-refractivity contribution in [1.82, 2.24) is 15.0 Å². The van der Waals surface area contributed by atoms with Crippen molar-refractivity contribution in [3.05, 3.63) is 76.8 Å². The molecule has 0 aliphatic carbocycles. The number of rotatable bonds is 7. The summed E-state index contributed by atoms with van der Waals surface area (Å²) in [6.45, 7) is 3.16. The second kappa shape index (κ2) is 10.6. The summed E-state index contributed by atoms with van der Waals surface area (Å²) in [5.41, 5.74) is 1.76. The number of hydrogen-bond donors (Lipinski definition) is 2. The Morgan fingerprint density at radius 1 is 1.21 bits per heavy atom. The Kier molecular flexibility index (Phi) is 8.03. The Morgan fingerprint density at radius 2 is 1.91 bits per heavy atom. The number of nitrogens with one attached hydrogen (secondary N) is 2. The third kappa shape index (κ3) is 6.17. The highest BCUT2D eigenvalue weighted by atomic mass is 127. The van der Waals surface area contributed by atoms with E-state index in [1.54, 1.807) is 13.0 Å². The van der Waals surface area contributed by atoms with Crippen molar-refractivity contribution in [2.45, 2.75) is 24.2 Å². The number of carbonyl (C=O) groups is 1. The predicted molar refractivity (Wildman–Crippen MR) is 134 cm³/mol. The number of carbonyl (C=O) groups excluding carboxylic acids is 1. The first-order valence-corrected chi connectivity index (χ1v) is 11.3. The molecule has 0 fully saturated rings. The van der Waals surface area contributed by atoms with Crippen LogP contribution in [0.3, 0.4) is 0 Å². The first-order valence-electron chi connectivity index (χ1n) is 9.82.